The second kappa shape index (κ2) is 5.36. The van der Waals surface area contributed by atoms with E-state index in [0.29, 0.717) is 6.07 Å². The van der Waals surface area contributed by atoms with E-state index in [4.69, 9.17) is 5.26 Å². The number of carbonyl (C=O) groups excluding carboxylic acids is 1. The van der Waals surface area contributed by atoms with Gasteiger partial charge in [0.2, 0.25) is 0 Å². The lowest BCUT2D eigenvalue weighted by Crippen LogP contribution is -2.12. The minimum atomic E-state index is -4.84. The molecule has 100 valence electrons. The number of nitro groups is 1. The second-order valence-electron chi connectivity index (χ2n) is 3.34. The van der Waals surface area contributed by atoms with E-state index in [-0.39, 0.29) is 11.4 Å². The Labute approximate surface area is 112 Å². The SMILES string of the molecule is N#Cc1cc(C(F)(F)F)cc([N+](=O)[O-])c1C(=O)CBr. The molecule has 0 bridgehead atoms. The first-order valence-electron chi connectivity index (χ1n) is 4.61. The fourth-order valence-electron chi connectivity index (χ4n) is 1.38. The number of ketones is 1. The molecule has 0 heterocycles. The highest BCUT2D eigenvalue weighted by Gasteiger charge is 2.35. The van der Waals surface area contributed by atoms with E-state index in [1.54, 1.807) is 0 Å². The van der Waals surface area contributed by atoms with Crippen molar-refractivity contribution in [1.82, 2.24) is 0 Å². The van der Waals surface area contributed by atoms with Crippen LogP contribution in [0, 0.1) is 21.4 Å². The quantitative estimate of drug-likeness (QED) is 0.367. The molecule has 5 nitrogen and oxygen atoms in total. The van der Waals surface area contributed by atoms with E-state index >= 15 is 0 Å². The summed E-state index contributed by atoms with van der Waals surface area (Å²) in [7, 11) is 0. The number of rotatable bonds is 3. The Morgan fingerprint density at radius 2 is 2.05 bits per heavy atom. The second-order valence-corrected chi connectivity index (χ2v) is 3.90. The van der Waals surface area contributed by atoms with Gasteiger partial charge in [0.05, 0.1) is 21.4 Å². The highest BCUT2D eigenvalue weighted by Crippen LogP contribution is 2.35. The molecule has 0 amide bonds. The number of nitro benzene ring substituents is 1. The lowest BCUT2D eigenvalue weighted by Gasteiger charge is -2.09. The molecule has 1 rings (SSSR count). The van der Waals surface area contributed by atoms with Crippen LogP contribution >= 0.6 is 15.9 Å². The van der Waals surface area contributed by atoms with Crippen molar-refractivity contribution in [1.29, 1.82) is 5.26 Å². The van der Waals surface area contributed by atoms with Gasteiger partial charge >= 0.3 is 6.18 Å². The standard InChI is InChI=1S/C10H4BrF3N2O3/c11-3-8(17)9-5(4-15)1-6(10(12,13)14)2-7(9)16(18)19/h1-2H,3H2. The van der Waals surface area contributed by atoms with Crippen LogP contribution in [0.25, 0.3) is 0 Å². The van der Waals surface area contributed by atoms with Gasteiger partial charge in [-0.05, 0) is 6.07 Å². The predicted molar refractivity (Wildman–Crippen MR) is 60.9 cm³/mol. The third-order valence-electron chi connectivity index (χ3n) is 2.16. The molecule has 0 saturated heterocycles. The number of nitriles is 1. The van der Waals surface area contributed by atoms with Crippen molar-refractivity contribution in [2.24, 2.45) is 0 Å². The van der Waals surface area contributed by atoms with E-state index in [1.165, 1.54) is 6.07 Å². The smallest absolute Gasteiger partial charge is 0.293 e. The van der Waals surface area contributed by atoms with Crippen LogP contribution in [0.5, 0.6) is 0 Å². The molecule has 0 unspecified atom stereocenters. The van der Waals surface area contributed by atoms with Crippen LogP contribution in [0.3, 0.4) is 0 Å². The van der Waals surface area contributed by atoms with Crippen molar-refractivity contribution in [2.75, 3.05) is 5.33 Å². The van der Waals surface area contributed by atoms with Gasteiger partial charge < -0.3 is 0 Å². The molecule has 0 spiro atoms. The molecule has 1 aromatic rings. The number of hydrogen-bond donors (Lipinski definition) is 0. The Hall–Kier alpha value is -1.95. The zero-order valence-electron chi connectivity index (χ0n) is 8.99. The number of hydrogen-bond acceptors (Lipinski definition) is 4. The summed E-state index contributed by atoms with van der Waals surface area (Å²) in [5.41, 5.74) is -3.68. The molecule has 9 heteroatoms. The van der Waals surface area contributed by atoms with Gasteiger partial charge in [-0.1, -0.05) is 15.9 Å². The number of halogens is 4. The van der Waals surface area contributed by atoms with Crippen LogP contribution < -0.4 is 0 Å². The van der Waals surface area contributed by atoms with E-state index < -0.39 is 39.3 Å². The number of Topliss-reactive ketones (excluding diaryl/α,β-unsaturated/α-hetero) is 1. The van der Waals surface area contributed by atoms with E-state index in [1.807, 2.05) is 0 Å². The topological polar surface area (TPSA) is 84.0 Å². The number of nitrogens with zero attached hydrogens (tertiary/aromatic N) is 2. The fourth-order valence-corrected chi connectivity index (χ4v) is 1.66. The Bertz CT molecular complexity index is 593. The Balaban J connectivity index is 3.70. The summed E-state index contributed by atoms with van der Waals surface area (Å²) in [6.45, 7) is 0. The molecule has 0 fully saturated rings. The molecule has 0 aliphatic rings. The van der Waals surface area contributed by atoms with Crippen molar-refractivity contribution in [3.63, 3.8) is 0 Å². The van der Waals surface area contributed by atoms with Gasteiger partial charge in [-0.3, -0.25) is 14.9 Å². The molecule has 0 saturated carbocycles. The van der Waals surface area contributed by atoms with E-state index in [0.717, 1.165) is 0 Å². The van der Waals surface area contributed by atoms with Crippen LogP contribution in [-0.4, -0.2) is 16.0 Å². The fraction of sp³-hybridized carbons (Fsp3) is 0.200. The summed E-state index contributed by atoms with van der Waals surface area (Å²) in [5, 5.41) is 19.2. The molecule has 0 aliphatic carbocycles. The summed E-state index contributed by atoms with van der Waals surface area (Å²) >= 11 is 2.75. The maximum atomic E-state index is 12.5. The number of alkyl halides is 4. The molecule has 0 aliphatic heterocycles. The molecular formula is C10H4BrF3N2O3. The zero-order valence-corrected chi connectivity index (χ0v) is 10.6. The van der Waals surface area contributed by atoms with Crippen molar-refractivity contribution in [3.05, 3.63) is 38.9 Å². The Morgan fingerprint density at radius 3 is 2.42 bits per heavy atom. The van der Waals surface area contributed by atoms with E-state index in [2.05, 4.69) is 15.9 Å². The van der Waals surface area contributed by atoms with Crippen molar-refractivity contribution in [2.45, 2.75) is 6.18 Å². The van der Waals surface area contributed by atoms with Gasteiger partial charge in [0, 0.05) is 6.07 Å². The minimum Gasteiger partial charge on any atom is -0.293 e. The monoisotopic (exact) mass is 336 g/mol. The zero-order chi connectivity index (χ0) is 14.8. The van der Waals surface area contributed by atoms with Gasteiger partial charge in [-0.15, -0.1) is 0 Å². The lowest BCUT2D eigenvalue weighted by atomic mass is 9.99. The number of carbonyl (C=O) groups is 1. The van der Waals surface area contributed by atoms with Crippen LogP contribution in [0.1, 0.15) is 21.5 Å². The van der Waals surface area contributed by atoms with Gasteiger partial charge in [0.1, 0.15) is 11.6 Å². The van der Waals surface area contributed by atoms with Crippen molar-refractivity contribution >= 4 is 27.4 Å². The first-order chi connectivity index (χ1) is 8.72. The maximum absolute atomic E-state index is 12.5. The molecule has 19 heavy (non-hydrogen) atoms. The first-order valence-corrected chi connectivity index (χ1v) is 5.73. The molecule has 0 N–H and O–H groups in total. The van der Waals surface area contributed by atoms with Gasteiger partial charge in [-0.25, -0.2) is 0 Å². The van der Waals surface area contributed by atoms with E-state index in [9.17, 15) is 28.1 Å². The molecular weight excluding hydrogens is 333 g/mol. The van der Waals surface area contributed by atoms with Gasteiger partial charge in [-0.2, -0.15) is 18.4 Å². The third-order valence-corrected chi connectivity index (χ3v) is 2.67. The van der Waals surface area contributed by atoms with Gasteiger partial charge in [0.25, 0.3) is 5.69 Å². The normalized spacial score (nSPS) is 10.9. The summed E-state index contributed by atoms with van der Waals surface area (Å²) in [6.07, 6.45) is -4.84. The summed E-state index contributed by atoms with van der Waals surface area (Å²) in [5.74, 6) is -0.836. The Kier molecular flexibility index (Phi) is 4.26. The largest absolute Gasteiger partial charge is 0.416 e. The Morgan fingerprint density at radius 1 is 1.47 bits per heavy atom. The molecule has 0 aromatic heterocycles. The highest BCUT2D eigenvalue weighted by molar-refractivity contribution is 9.09. The summed E-state index contributed by atoms with van der Waals surface area (Å²) < 4.78 is 37.6. The summed E-state index contributed by atoms with van der Waals surface area (Å²) in [4.78, 5) is 21.1. The van der Waals surface area contributed by atoms with Gasteiger partial charge in [0.15, 0.2) is 5.78 Å². The molecule has 1 aromatic carbocycles. The third kappa shape index (κ3) is 3.08. The lowest BCUT2D eigenvalue weighted by molar-refractivity contribution is -0.385. The average Bonchev–Trinajstić information content (AvgIpc) is 2.34. The minimum absolute atomic E-state index is 0.247. The predicted octanol–water partition coefficient (Wildman–Crippen LogP) is 3.06. The summed E-state index contributed by atoms with van der Waals surface area (Å²) in [6, 6.07) is 2.04. The number of benzene rings is 1. The van der Waals surface area contributed by atoms with Crippen LogP contribution in [0.15, 0.2) is 12.1 Å². The van der Waals surface area contributed by atoms with Crippen LogP contribution in [0.4, 0.5) is 18.9 Å². The highest BCUT2D eigenvalue weighted by atomic mass is 79.9. The maximum Gasteiger partial charge on any atom is 0.416 e. The van der Waals surface area contributed by atoms with Crippen LogP contribution in [0.2, 0.25) is 0 Å². The molecule has 0 atom stereocenters. The average molecular weight is 337 g/mol. The van der Waals surface area contributed by atoms with Crippen molar-refractivity contribution < 1.29 is 22.9 Å². The molecule has 0 radical (unpaired) electrons. The van der Waals surface area contributed by atoms with Crippen LogP contribution in [-0.2, 0) is 6.18 Å². The van der Waals surface area contributed by atoms with Crippen molar-refractivity contribution in [3.8, 4) is 6.07 Å². The first kappa shape index (κ1) is 15.1.